The first-order valence-corrected chi connectivity index (χ1v) is 5.94. The molecule has 1 atom stereocenters. The molecule has 14 heavy (non-hydrogen) atoms. The Labute approximate surface area is 90.2 Å². The van der Waals surface area contributed by atoms with Crippen LogP contribution in [-0.4, -0.2) is 12.2 Å². The van der Waals surface area contributed by atoms with Crippen LogP contribution in [-0.2, 0) is 4.74 Å². The molecule has 0 aliphatic rings. The molecule has 0 aromatic heterocycles. The van der Waals surface area contributed by atoms with Crippen molar-refractivity contribution < 1.29 is 4.74 Å². The molecule has 0 amide bonds. The Bertz CT molecular complexity index is 110. The largest absolute Gasteiger partial charge is 0.376 e. The van der Waals surface area contributed by atoms with Gasteiger partial charge >= 0.3 is 0 Å². The highest BCUT2D eigenvalue weighted by molar-refractivity contribution is 4.61. The van der Waals surface area contributed by atoms with Gasteiger partial charge in [-0.15, -0.1) is 0 Å². The molecule has 1 heteroatoms. The Balaban J connectivity index is 3.33. The predicted molar refractivity (Wildman–Crippen MR) is 63.0 cm³/mol. The van der Waals surface area contributed by atoms with Crippen LogP contribution in [0.4, 0.5) is 0 Å². The Hall–Kier alpha value is -0.0400. The molecule has 0 aliphatic heterocycles. The highest BCUT2D eigenvalue weighted by Gasteiger charge is 2.07. The van der Waals surface area contributed by atoms with Gasteiger partial charge in [0.25, 0.3) is 0 Å². The topological polar surface area (TPSA) is 9.23 Å². The summed E-state index contributed by atoms with van der Waals surface area (Å²) in [4.78, 5) is 0. The van der Waals surface area contributed by atoms with Crippen LogP contribution >= 0.6 is 0 Å². The van der Waals surface area contributed by atoms with Gasteiger partial charge in [0.05, 0.1) is 12.2 Å². The lowest BCUT2D eigenvalue weighted by molar-refractivity contribution is 0.00348. The van der Waals surface area contributed by atoms with E-state index in [1.165, 1.54) is 32.1 Å². The van der Waals surface area contributed by atoms with E-state index in [0.29, 0.717) is 12.2 Å². The summed E-state index contributed by atoms with van der Waals surface area (Å²) in [6.45, 7) is 11.9. The van der Waals surface area contributed by atoms with Crippen LogP contribution in [0.15, 0.2) is 0 Å². The lowest BCUT2D eigenvalue weighted by Gasteiger charge is -2.18. The molecular weight excluding hydrogens is 172 g/mol. The summed E-state index contributed by atoms with van der Waals surface area (Å²) in [5, 5.41) is 0. The van der Waals surface area contributed by atoms with Gasteiger partial charge in [-0.25, -0.2) is 0 Å². The molecule has 0 rings (SSSR count). The fourth-order valence-electron chi connectivity index (χ4n) is 1.57. The zero-order valence-electron chi connectivity index (χ0n) is 9.93. The SMILES string of the molecule is [CH2]CCCCCCC(C[CH2])OC(C)C. The molecule has 0 aromatic carbocycles. The van der Waals surface area contributed by atoms with Gasteiger partial charge in [-0.2, -0.15) is 0 Å². The van der Waals surface area contributed by atoms with Crippen LogP contribution in [0, 0.1) is 13.8 Å². The maximum absolute atomic E-state index is 5.73. The van der Waals surface area contributed by atoms with Crippen molar-refractivity contribution in [1.29, 1.82) is 0 Å². The first-order valence-electron chi connectivity index (χ1n) is 5.94. The molecule has 1 unspecified atom stereocenters. The first kappa shape index (κ1) is 14.0. The van der Waals surface area contributed by atoms with Crippen LogP contribution in [0.25, 0.3) is 0 Å². The summed E-state index contributed by atoms with van der Waals surface area (Å²) in [5.41, 5.74) is 0. The zero-order valence-corrected chi connectivity index (χ0v) is 9.93. The summed E-state index contributed by atoms with van der Waals surface area (Å²) in [6, 6.07) is 0. The Morgan fingerprint density at radius 2 is 1.64 bits per heavy atom. The van der Waals surface area contributed by atoms with Gasteiger partial charge in [0.15, 0.2) is 0 Å². The second-order valence-electron chi connectivity index (χ2n) is 4.15. The highest BCUT2D eigenvalue weighted by atomic mass is 16.5. The fourth-order valence-corrected chi connectivity index (χ4v) is 1.57. The molecule has 0 saturated heterocycles. The van der Waals surface area contributed by atoms with E-state index in [1.54, 1.807) is 0 Å². The molecule has 0 aromatic rings. The van der Waals surface area contributed by atoms with E-state index in [1.807, 2.05) is 0 Å². The van der Waals surface area contributed by atoms with Crippen LogP contribution in [0.2, 0.25) is 0 Å². The smallest absolute Gasteiger partial charge is 0.0578 e. The van der Waals surface area contributed by atoms with E-state index in [-0.39, 0.29) is 0 Å². The number of rotatable bonds is 9. The summed E-state index contributed by atoms with van der Waals surface area (Å²) in [6.07, 6.45) is 9.00. The van der Waals surface area contributed by atoms with Crippen LogP contribution < -0.4 is 0 Å². The third-order valence-electron chi connectivity index (χ3n) is 2.31. The van der Waals surface area contributed by atoms with Gasteiger partial charge < -0.3 is 4.74 Å². The van der Waals surface area contributed by atoms with Gasteiger partial charge in [0, 0.05) is 0 Å². The van der Waals surface area contributed by atoms with Crippen LogP contribution in [0.1, 0.15) is 58.8 Å². The average molecular weight is 198 g/mol. The van der Waals surface area contributed by atoms with Crippen LogP contribution in [0.5, 0.6) is 0 Å². The number of unbranched alkanes of at least 4 members (excludes halogenated alkanes) is 4. The molecule has 0 N–H and O–H groups in total. The monoisotopic (exact) mass is 198 g/mol. The molecule has 2 radical (unpaired) electrons. The van der Waals surface area contributed by atoms with Crippen molar-refractivity contribution in [2.45, 2.75) is 71.0 Å². The maximum Gasteiger partial charge on any atom is 0.0578 e. The third kappa shape index (κ3) is 8.55. The second kappa shape index (κ2) is 9.51. The van der Waals surface area contributed by atoms with E-state index < -0.39 is 0 Å². The Kier molecular flexibility index (Phi) is 9.49. The summed E-state index contributed by atoms with van der Waals surface area (Å²) < 4.78 is 5.73. The van der Waals surface area contributed by atoms with Gasteiger partial charge in [-0.1, -0.05) is 46.0 Å². The average Bonchev–Trinajstić information content (AvgIpc) is 2.15. The van der Waals surface area contributed by atoms with Crippen molar-refractivity contribution in [3.05, 3.63) is 13.8 Å². The lowest BCUT2D eigenvalue weighted by atomic mass is 10.1. The predicted octanol–water partition coefficient (Wildman–Crippen LogP) is 4.18. The standard InChI is InChI=1S/C13H26O/c1-5-7-8-9-10-11-13(6-2)14-12(3)4/h12-13H,1-2,5-11H2,3-4H3. The van der Waals surface area contributed by atoms with Gasteiger partial charge in [-0.3, -0.25) is 0 Å². The highest BCUT2D eigenvalue weighted by Crippen LogP contribution is 2.13. The van der Waals surface area contributed by atoms with E-state index in [0.717, 1.165) is 12.8 Å². The van der Waals surface area contributed by atoms with Crippen molar-refractivity contribution in [2.24, 2.45) is 0 Å². The Morgan fingerprint density at radius 3 is 2.14 bits per heavy atom. The fraction of sp³-hybridized carbons (Fsp3) is 0.846. The normalized spacial score (nSPS) is 13.5. The number of ether oxygens (including phenoxy) is 1. The minimum Gasteiger partial charge on any atom is -0.376 e. The van der Waals surface area contributed by atoms with Gasteiger partial charge in [0.1, 0.15) is 0 Å². The molecule has 1 nitrogen and oxygen atoms in total. The summed E-state index contributed by atoms with van der Waals surface area (Å²) >= 11 is 0. The van der Waals surface area contributed by atoms with E-state index in [2.05, 4.69) is 27.7 Å². The summed E-state index contributed by atoms with van der Waals surface area (Å²) in [7, 11) is 0. The lowest BCUT2D eigenvalue weighted by Crippen LogP contribution is -2.16. The van der Waals surface area contributed by atoms with Gasteiger partial charge in [0.2, 0.25) is 0 Å². The maximum atomic E-state index is 5.73. The molecule has 0 aliphatic carbocycles. The molecule has 0 fully saturated rings. The van der Waals surface area contributed by atoms with Crippen molar-refractivity contribution in [3.63, 3.8) is 0 Å². The van der Waals surface area contributed by atoms with Crippen LogP contribution in [0.3, 0.4) is 0 Å². The van der Waals surface area contributed by atoms with E-state index in [4.69, 9.17) is 4.74 Å². The van der Waals surface area contributed by atoms with E-state index >= 15 is 0 Å². The number of hydrogen-bond donors (Lipinski definition) is 0. The van der Waals surface area contributed by atoms with Crippen molar-refractivity contribution in [3.8, 4) is 0 Å². The van der Waals surface area contributed by atoms with Gasteiger partial charge in [-0.05, 0) is 26.7 Å². The number of hydrogen-bond acceptors (Lipinski definition) is 1. The molecule has 84 valence electrons. The Morgan fingerprint density at radius 1 is 1.00 bits per heavy atom. The molecule has 0 saturated carbocycles. The molecule has 0 spiro atoms. The third-order valence-corrected chi connectivity index (χ3v) is 2.31. The zero-order chi connectivity index (χ0) is 10.8. The van der Waals surface area contributed by atoms with Crippen molar-refractivity contribution >= 4 is 0 Å². The van der Waals surface area contributed by atoms with Crippen molar-refractivity contribution in [1.82, 2.24) is 0 Å². The second-order valence-corrected chi connectivity index (χ2v) is 4.15. The minimum atomic E-state index is 0.335. The first-order chi connectivity index (χ1) is 6.70. The molecule has 0 bridgehead atoms. The molecule has 0 heterocycles. The van der Waals surface area contributed by atoms with Crippen molar-refractivity contribution in [2.75, 3.05) is 0 Å². The molecular formula is C13H26O. The minimum absolute atomic E-state index is 0.335. The van der Waals surface area contributed by atoms with E-state index in [9.17, 15) is 0 Å². The quantitative estimate of drug-likeness (QED) is 0.505. The summed E-state index contributed by atoms with van der Waals surface area (Å²) in [5.74, 6) is 0.